The summed E-state index contributed by atoms with van der Waals surface area (Å²) < 4.78 is 16.1. The molecular formula is C19H17N3O3. The lowest BCUT2D eigenvalue weighted by atomic mass is 10.2. The third-order valence-electron chi connectivity index (χ3n) is 3.31. The number of nitrogens with zero attached hydrogens (tertiary/aromatic N) is 3. The Kier molecular flexibility index (Phi) is 5.21. The third kappa shape index (κ3) is 4.32. The molecule has 0 atom stereocenters. The van der Waals surface area contributed by atoms with Gasteiger partial charge < -0.3 is 14.2 Å². The van der Waals surface area contributed by atoms with E-state index in [1.165, 1.54) is 14.2 Å². The van der Waals surface area contributed by atoms with Gasteiger partial charge in [-0.25, -0.2) is 0 Å². The summed E-state index contributed by atoms with van der Waals surface area (Å²) in [7, 11) is 3.04. The number of benzene rings is 2. The molecule has 2 aromatic carbocycles. The minimum absolute atomic E-state index is 0.136. The Balaban J connectivity index is 1.88. The minimum atomic E-state index is 0.136. The summed E-state index contributed by atoms with van der Waals surface area (Å²) >= 11 is 0. The van der Waals surface area contributed by atoms with Crippen molar-refractivity contribution in [2.24, 2.45) is 4.99 Å². The maximum atomic E-state index is 5.81. The highest BCUT2D eigenvalue weighted by molar-refractivity contribution is 5.85. The molecule has 0 aliphatic heterocycles. The monoisotopic (exact) mass is 335 g/mol. The van der Waals surface area contributed by atoms with Crippen LogP contribution in [-0.4, -0.2) is 30.4 Å². The van der Waals surface area contributed by atoms with Crippen LogP contribution in [0.15, 0.2) is 65.7 Å². The molecule has 1 heterocycles. The summed E-state index contributed by atoms with van der Waals surface area (Å²) in [5.74, 6) is 1.30. The van der Waals surface area contributed by atoms with E-state index in [0.717, 1.165) is 11.3 Å². The molecule has 0 aliphatic rings. The molecule has 126 valence electrons. The van der Waals surface area contributed by atoms with Gasteiger partial charge in [-0.05, 0) is 24.3 Å². The number of hydrogen-bond donors (Lipinski definition) is 0. The largest absolute Gasteiger partial charge is 0.481 e. The topological polar surface area (TPSA) is 65.8 Å². The van der Waals surface area contributed by atoms with E-state index in [1.807, 2.05) is 54.6 Å². The van der Waals surface area contributed by atoms with Gasteiger partial charge in [-0.2, -0.15) is 9.97 Å². The van der Waals surface area contributed by atoms with Crippen LogP contribution < -0.4 is 14.2 Å². The average molecular weight is 335 g/mol. The zero-order chi connectivity index (χ0) is 17.5. The number of rotatable bonds is 6. The first-order valence-electron chi connectivity index (χ1n) is 7.61. The molecule has 6 nitrogen and oxygen atoms in total. The molecule has 0 saturated carbocycles. The molecule has 0 fully saturated rings. The van der Waals surface area contributed by atoms with E-state index in [9.17, 15) is 0 Å². The van der Waals surface area contributed by atoms with Crippen LogP contribution in [0.3, 0.4) is 0 Å². The Hall–Kier alpha value is -3.41. The van der Waals surface area contributed by atoms with E-state index in [1.54, 1.807) is 12.3 Å². The van der Waals surface area contributed by atoms with Crippen molar-refractivity contribution in [2.45, 2.75) is 0 Å². The standard InChI is InChI=1S/C19H17N3O3/c1-23-17-12-18(24-2)22-19(21-17)25-16-11-7-6-8-14(16)13-20-15-9-4-3-5-10-15/h3-13H,1-2H3/b20-13-. The van der Waals surface area contributed by atoms with Crippen molar-refractivity contribution in [1.29, 1.82) is 0 Å². The van der Waals surface area contributed by atoms with Crippen LogP contribution in [0.2, 0.25) is 0 Å². The van der Waals surface area contributed by atoms with Crippen molar-refractivity contribution < 1.29 is 14.2 Å². The highest BCUT2D eigenvalue weighted by Gasteiger charge is 2.09. The SMILES string of the molecule is COc1cc(OC)nc(Oc2ccccc2/C=N\c2ccccc2)n1. The number of aromatic nitrogens is 2. The van der Waals surface area contributed by atoms with E-state index in [2.05, 4.69) is 15.0 Å². The van der Waals surface area contributed by atoms with Crippen LogP contribution in [0.4, 0.5) is 5.69 Å². The number of hydrogen-bond acceptors (Lipinski definition) is 6. The smallest absolute Gasteiger partial charge is 0.328 e. The fourth-order valence-electron chi connectivity index (χ4n) is 2.08. The molecule has 3 aromatic rings. The molecule has 0 N–H and O–H groups in total. The normalized spacial score (nSPS) is 10.6. The van der Waals surface area contributed by atoms with Crippen LogP contribution in [-0.2, 0) is 0 Å². The predicted molar refractivity (Wildman–Crippen MR) is 95.3 cm³/mol. The van der Waals surface area contributed by atoms with Crippen molar-refractivity contribution in [1.82, 2.24) is 9.97 Å². The van der Waals surface area contributed by atoms with Gasteiger partial charge in [-0.3, -0.25) is 4.99 Å². The zero-order valence-electron chi connectivity index (χ0n) is 13.9. The molecular weight excluding hydrogens is 318 g/mol. The van der Waals surface area contributed by atoms with Crippen LogP contribution in [0.25, 0.3) is 0 Å². The van der Waals surface area contributed by atoms with Gasteiger partial charge in [-0.15, -0.1) is 0 Å². The Labute approximate surface area is 145 Å². The predicted octanol–water partition coefficient (Wildman–Crippen LogP) is 4.04. The fourth-order valence-corrected chi connectivity index (χ4v) is 2.08. The fraction of sp³-hybridized carbons (Fsp3) is 0.105. The lowest BCUT2D eigenvalue weighted by Gasteiger charge is -2.09. The number of aliphatic imine (C=N–C) groups is 1. The van der Waals surface area contributed by atoms with Gasteiger partial charge in [0.25, 0.3) is 0 Å². The zero-order valence-corrected chi connectivity index (χ0v) is 13.9. The Morgan fingerprint density at radius 3 is 2.16 bits per heavy atom. The Morgan fingerprint density at radius 1 is 0.840 bits per heavy atom. The van der Waals surface area contributed by atoms with Crippen molar-refractivity contribution in [3.8, 4) is 23.5 Å². The van der Waals surface area contributed by atoms with E-state index < -0.39 is 0 Å². The summed E-state index contributed by atoms with van der Waals surface area (Å²) in [6.45, 7) is 0. The molecule has 0 bridgehead atoms. The van der Waals surface area contributed by atoms with Crippen LogP contribution >= 0.6 is 0 Å². The van der Waals surface area contributed by atoms with Gasteiger partial charge in [0.15, 0.2) is 0 Å². The number of para-hydroxylation sites is 2. The highest BCUT2D eigenvalue weighted by atomic mass is 16.5. The van der Waals surface area contributed by atoms with Gasteiger partial charge in [0, 0.05) is 11.8 Å². The highest BCUT2D eigenvalue weighted by Crippen LogP contribution is 2.26. The molecule has 3 rings (SSSR count). The summed E-state index contributed by atoms with van der Waals surface area (Å²) in [4.78, 5) is 12.8. The van der Waals surface area contributed by atoms with Gasteiger partial charge in [0.1, 0.15) is 5.75 Å². The van der Waals surface area contributed by atoms with E-state index in [0.29, 0.717) is 17.5 Å². The summed E-state index contributed by atoms with van der Waals surface area (Å²) in [6, 6.07) is 18.9. The van der Waals surface area contributed by atoms with Crippen LogP contribution in [0.1, 0.15) is 5.56 Å². The lowest BCUT2D eigenvalue weighted by Crippen LogP contribution is -1.99. The second-order valence-electron chi connectivity index (χ2n) is 4.97. The molecule has 0 aliphatic carbocycles. The molecule has 0 radical (unpaired) electrons. The van der Waals surface area contributed by atoms with Crippen LogP contribution in [0, 0.1) is 0 Å². The lowest BCUT2D eigenvalue weighted by molar-refractivity contribution is 0.348. The maximum Gasteiger partial charge on any atom is 0.328 e. The van der Waals surface area contributed by atoms with E-state index in [-0.39, 0.29) is 6.01 Å². The Morgan fingerprint density at radius 2 is 1.48 bits per heavy atom. The number of ether oxygens (including phenoxy) is 3. The van der Waals surface area contributed by atoms with Crippen molar-refractivity contribution in [2.75, 3.05) is 14.2 Å². The molecule has 0 amide bonds. The first-order chi connectivity index (χ1) is 12.3. The minimum Gasteiger partial charge on any atom is -0.481 e. The first kappa shape index (κ1) is 16.4. The van der Waals surface area contributed by atoms with E-state index >= 15 is 0 Å². The molecule has 0 spiro atoms. The summed E-state index contributed by atoms with van der Waals surface area (Å²) in [5.41, 5.74) is 1.66. The van der Waals surface area contributed by atoms with Crippen LogP contribution in [0.5, 0.6) is 23.5 Å². The average Bonchev–Trinajstić information content (AvgIpc) is 2.67. The second kappa shape index (κ2) is 7.92. The molecule has 6 heteroatoms. The van der Waals surface area contributed by atoms with Crippen molar-refractivity contribution in [3.05, 3.63) is 66.2 Å². The van der Waals surface area contributed by atoms with E-state index in [4.69, 9.17) is 14.2 Å². The van der Waals surface area contributed by atoms with Gasteiger partial charge in [0.2, 0.25) is 11.8 Å². The third-order valence-corrected chi connectivity index (χ3v) is 3.31. The quantitative estimate of drug-likeness (QED) is 0.636. The first-order valence-corrected chi connectivity index (χ1v) is 7.61. The maximum absolute atomic E-state index is 5.81. The summed E-state index contributed by atoms with van der Waals surface area (Å²) in [5, 5.41) is 0. The van der Waals surface area contributed by atoms with Crippen molar-refractivity contribution in [3.63, 3.8) is 0 Å². The van der Waals surface area contributed by atoms with Gasteiger partial charge in [-0.1, -0.05) is 30.3 Å². The summed E-state index contributed by atoms with van der Waals surface area (Å²) in [6.07, 6.45) is 1.74. The van der Waals surface area contributed by atoms with Gasteiger partial charge in [0.05, 0.1) is 26.0 Å². The van der Waals surface area contributed by atoms with Gasteiger partial charge >= 0.3 is 6.01 Å². The second-order valence-corrected chi connectivity index (χ2v) is 4.97. The molecule has 0 unspecified atom stereocenters. The Bertz CT molecular complexity index is 845. The molecule has 1 aromatic heterocycles. The molecule has 25 heavy (non-hydrogen) atoms. The molecule has 0 saturated heterocycles. The van der Waals surface area contributed by atoms with Crippen molar-refractivity contribution >= 4 is 11.9 Å². The number of methoxy groups -OCH3 is 2.